The van der Waals surface area contributed by atoms with E-state index in [4.69, 9.17) is 5.73 Å². The predicted octanol–water partition coefficient (Wildman–Crippen LogP) is 4.09. The first kappa shape index (κ1) is 21.6. The molecule has 4 heterocycles. The van der Waals surface area contributed by atoms with Crippen LogP contribution in [0.4, 0.5) is 17.3 Å². The number of anilines is 3. The Morgan fingerprint density at radius 2 is 2.03 bits per heavy atom. The van der Waals surface area contributed by atoms with Gasteiger partial charge in [0.15, 0.2) is 10.7 Å². The van der Waals surface area contributed by atoms with Crippen molar-refractivity contribution in [3.63, 3.8) is 0 Å². The van der Waals surface area contributed by atoms with Gasteiger partial charge in [0.1, 0.15) is 23.0 Å². The monoisotopic (exact) mass is 483 g/mol. The number of fused-ring (bicyclic) bond motifs is 1. The summed E-state index contributed by atoms with van der Waals surface area (Å²) >= 11 is 1.59. The molecule has 4 aromatic rings. The second-order valence-corrected chi connectivity index (χ2v) is 9.80. The van der Waals surface area contributed by atoms with E-state index in [1.807, 2.05) is 37.5 Å². The Morgan fingerprint density at radius 3 is 2.86 bits per heavy atom. The summed E-state index contributed by atoms with van der Waals surface area (Å²) in [6, 6.07) is 9.92. The molecule has 1 atom stereocenters. The number of aromatic nitrogens is 5. The van der Waals surface area contributed by atoms with Crippen LogP contribution in [0.15, 0.2) is 49.1 Å². The smallest absolute Gasteiger partial charge is 0.168 e. The molecule has 1 aromatic carbocycles. The summed E-state index contributed by atoms with van der Waals surface area (Å²) in [5.74, 6) is 1.97. The van der Waals surface area contributed by atoms with Crippen molar-refractivity contribution in [2.75, 3.05) is 17.7 Å². The molecule has 0 radical (unpaired) electrons. The molecule has 35 heavy (non-hydrogen) atoms. The molecule has 1 aliphatic carbocycles. The molecule has 9 nitrogen and oxygen atoms in total. The summed E-state index contributed by atoms with van der Waals surface area (Å²) in [4.78, 5) is 13.3. The first-order chi connectivity index (χ1) is 17.1. The number of nitrogens with one attached hydrogen (secondary N) is 3. The Balaban J connectivity index is 1.42. The fourth-order valence-electron chi connectivity index (χ4n) is 4.28. The summed E-state index contributed by atoms with van der Waals surface area (Å²) in [6.45, 7) is 2.07. The molecule has 1 unspecified atom stereocenters. The predicted molar refractivity (Wildman–Crippen MR) is 138 cm³/mol. The maximum absolute atomic E-state index is 6.97. The summed E-state index contributed by atoms with van der Waals surface area (Å²) in [6.07, 6.45) is 9.58. The molecular formula is C25H25N9S. The van der Waals surface area contributed by atoms with E-state index in [0.717, 1.165) is 49.5 Å². The largest absolute Gasteiger partial charge is 0.373 e. The highest BCUT2D eigenvalue weighted by Crippen LogP contribution is 2.44. The maximum Gasteiger partial charge on any atom is 0.168 e. The number of rotatable bonds is 6. The first-order valence-corrected chi connectivity index (χ1v) is 12.3. The normalized spacial score (nSPS) is 18.6. The number of nitrogens with two attached hydrogens (primary N) is 1. The molecule has 2 aliphatic rings. The van der Waals surface area contributed by atoms with Crippen LogP contribution in [-0.2, 0) is 5.66 Å². The second-order valence-electron chi connectivity index (χ2n) is 8.79. The van der Waals surface area contributed by atoms with Gasteiger partial charge in [-0.25, -0.2) is 15.0 Å². The minimum Gasteiger partial charge on any atom is -0.373 e. The van der Waals surface area contributed by atoms with E-state index in [0.29, 0.717) is 11.7 Å². The van der Waals surface area contributed by atoms with E-state index in [9.17, 15) is 0 Å². The van der Waals surface area contributed by atoms with E-state index >= 15 is 0 Å². The lowest BCUT2D eigenvalue weighted by molar-refractivity contribution is 0.467. The van der Waals surface area contributed by atoms with Gasteiger partial charge in [-0.05, 0) is 49.7 Å². The number of nitrogens with zero attached hydrogens (tertiary/aromatic N) is 5. The van der Waals surface area contributed by atoms with Crippen molar-refractivity contribution in [1.82, 2.24) is 30.5 Å². The van der Waals surface area contributed by atoms with Crippen molar-refractivity contribution in [1.29, 1.82) is 0 Å². The zero-order valence-electron chi connectivity index (χ0n) is 19.4. The highest BCUT2D eigenvalue weighted by atomic mass is 32.1. The van der Waals surface area contributed by atoms with Gasteiger partial charge in [0, 0.05) is 41.9 Å². The summed E-state index contributed by atoms with van der Waals surface area (Å²) in [5.41, 5.74) is 11.6. The van der Waals surface area contributed by atoms with Crippen LogP contribution in [0.1, 0.15) is 45.5 Å². The van der Waals surface area contributed by atoms with Crippen LogP contribution in [0.5, 0.6) is 0 Å². The van der Waals surface area contributed by atoms with E-state index in [1.165, 1.54) is 12.8 Å². The standard InChI is InChI=1S/C25H25N9S/c1-14-5-8-18-16(9-11-31-25(18,26)24-34-33-23(35-24)15-6-7-15)21(14)32-22-17(4-3-10-28-22)19-12-20(27-2)30-13-29-19/h3-5,8-13,15,31H,6-7,26H2,1-2H3,(H,28,32)(H,27,29,30). The molecule has 10 heteroatoms. The van der Waals surface area contributed by atoms with E-state index in [1.54, 1.807) is 23.9 Å². The zero-order valence-corrected chi connectivity index (χ0v) is 20.2. The van der Waals surface area contributed by atoms with Crippen molar-refractivity contribution in [2.45, 2.75) is 31.3 Å². The molecule has 0 saturated heterocycles. The van der Waals surface area contributed by atoms with Crippen LogP contribution in [-0.4, -0.2) is 32.2 Å². The van der Waals surface area contributed by atoms with Gasteiger partial charge in [-0.1, -0.05) is 23.5 Å². The second kappa shape index (κ2) is 8.40. The zero-order chi connectivity index (χ0) is 24.0. The molecule has 176 valence electrons. The molecule has 1 fully saturated rings. The molecular weight excluding hydrogens is 458 g/mol. The highest BCUT2D eigenvalue weighted by molar-refractivity contribution is 7.11. The topological polar surface area (TPSA) is 127 Å². The number of benzene rings is 1. The number of pyridine rings is 1. The summed E-state index contributed by atoms with van der Waals surface area (Å²) in [7, 11) is 1.83. The Bertz CT molecular complexity index is 1440. The van der Waals surface area contributed by atoms with Gasteiger partial charge in [-0.2, -0.15) is 0 Å². The van der Waals surface area contributed by atoms with Crippen LogP contribution in [0.25, 0.3) is 17.3 Å². The molecule has 0 spiro atoms. The lowest BCUT2D eigenvalue weighted by Crippen LogP contribution is -2.50. The Kier molecular flexibility index (Phi) is 5.19. The Labute approximate surface area is 207 Å². The van der Waals surface area contributed by atoms with Crippen LogP contribution < -0.4 is 21.7 Å². The highest BCUT2D eigenvalue weighted by Gasteiger charge is 2.39. The fraction of sp³-hybridized carbons (Fsp3) is 0.240. The van der Waals surface area contributed by atoms with Gasteiger partial charge in [-0.15, -0.1) is 10.2 Å². The van der Waals surface area contributed by atoms with Gasteiger partial charge in [0.2, 0.25) is 0 Å². The van der Waals surface area contributed by atoms with Gasteiger partial charge < -0.3 is 16.0 Å². The molecule has 1 saturated carbocycles. The van der Waals surface area contributed by atoms with Crippen LogP contribution in [0.3, 0.4) is 0 Å². The minimum atomic E-state index is -0.958. The quantitative estimate of drug-likeness (QED) is 0.321. The molecule has 1 aliphatic heterocycles. The van der Waals surface area contributed by atoms with E-state index < -0.39 is 5.66 Å². The van der Waals surface area contributed by atoms with Crippen molar-refractivity contribution in [2.24, 2.45) is 5.73 Å². The van der Waals surface area contributed by atoms with Crippen molar-refractivity contribution in [3.8, 4) is 11.3 Å². The lowest BCUT2D eigenvalue weighted by Gasteiger charge is -2.33. The lowest BCUT2D eigenvalue weighted by atomic mass is 9.89. The maximum atomic E-state index is 6.97. The van der Waals surface area contributed by atoms with Gasteiger partial charge in [0.05, 0.1) is 11.4 Å². The van der Waals surface area contributed by atoms with Gasteiger partial charge >= 0.3 is 0 Å². The average Bonchev–Trinajstić information content (AvgIpc) is 3.61. The van der Waals surface area contributed by atoms with E-state index in [2.05, 4.69) is 60.2 Å². The van der Waals surface area contributed by atoms with Gasteiger partial charge in [0.25, 0.3) is 0 Å². The number of hydrogen-bond acceptors (Lipinski definition) is 10. The van der Waals surface area contributed by atoms with Crippen molar-refractivity contribution in [3.05, 3.63) is 75.8 Å². The number of aryl methyl sites for hydroxylation is 1. The van der Waals surface area contributed by atoms with Gasteiger partial charge in [-0.3, -0.25) is 5.73 Å². The SMILES string of the molecule is CNc1cc(-c2cccnc2Nc2c(C)ccc3c2C=CNC3(N)c2nnc(C3CC3)s2)ncn1. The van der Waals surface area contributed by atoms with Crippen molar-refractivity contribution < 1.29 is 0 Å². The minimum absolute atomic E-state index is 0.534. The third kappa shape index (κ3) is 3.80. The molecule has 0 bridgehead atoms. The number of hydrogen-bond donors (Lipinski definition) is 4. The molecule has 0 amide bonds. The first-order valence-electron chi connectivity index (χ1n) is 11.5. The third-order valence-corrected chi connectivity index (χ3v) is 7.62. The Hall–Kier alpha value is -3.89. The molecule has 6 rings (SSSR count). The fourth-order valence-corrected chi connectivity index (χ4v) is 5.38. The van der Waals surface area contributed by atoms with E-state index in [-0.39, 0.29) is 0 Å². The van der Waals surface area contributed by atoms with Crippen molar-refractivity contribution >= 4 is 34.7 Å². The van der Waals surface area contributed by atoms with Crippen LogP contribution in [0.2, 0.25) is 0 Å². The van der Waals surface area contributed by atoms with Crippen LogP contribution in [0, 0.1) is 6.92 Å². The van der Waals surface area contributed by atoms with Crippen LogP contribution >= 0.6 is 11.3 Å². The molecule has 5 N–H and O–H groups in total. The summed E-state index contributed by atoms with van der Waals surface area (Å²) < 4.78 is 0. The average molecular weight is 484 g/mol. The third-order valence-electron chi connectivity index (χ3n) is 6.39. The Morgan fingerprint density at radius 1 is 1.14 bits per heavy atom. The molecule has 3 aromatic heterocycles. The summed E-state index contributed by atoms with van der Waals surface area (Å²) in [5, 5.41) is 20.7.